The van der Waals surface area contributed by atoms with Gasteiger partial charge in [0, 0.05) is 32.9 Å². The number of hydrogen-bond acceptors (Lipinski definition) is 7. The SMILES string of the molecule is CN(C)c1ccc(Nc2ncc3c(n2)-c2c(c(C(N)=O)nn2C)CC3)nc1. The van der Waals surface area contributed by atoms with Gasteiger partial charge in [0.25, 0.3) is 5.91 Å². The molecule has 9 nitrogen and oxygen atoms in total. The van der Waals surface area contributed by atoms with E-state index in [0.717, 1.165) is 34.6 Å². The highest BCUT2D eigenvalue weighted by Gasteiger charge is 2.27. The van der Waals surface area contributed by atoms with Crippen LogP contribution in [0.15, 0.2) is 24.5 Å². The highest BCUT2D eigenvalue weighted by molar-refractivity contribution is 5.94. The first-order valence-corrected chi connectivity index (χ1v) is 8.56. The molecule has 3 aromatic heterocycles. The van der Waals surface area contributed by atoms with E-state index in [1.165, 1.54) is 0 Å². The molecule has 0 fully saturated rings. The quantitative estimate of drug-likeness (QED) is 0.716. The Labute approximate surface area is 156 Å². The van der Waals surface area contributed by atoms with Gasteiger partial charge in [0.2, 0.25) is 5.95 Å². The number of aryl methyl sites for hydroxylation is 2. The number of aromatic nitrogens is 5. The van der Waals surface area contributed by atoms with Gasteiger partial charge in [-0.05, 0) is 30.5 Å². The summed E-state index contributed by atoms with van der Waals surface area (Å²) in [6, 6.07) is 3.84. The fourth-order valence-corrected chi connectivity index (χ4v) is 3.25. The summed E-state index contributed by atoms with van der Waals surface area (Å²) in [5.41, 5.74) is 10.2. The van der Waals surface area contributed by atoms with Gasteiger partial charge in [0.15, 0.2) is 5.69 Å². The number of fused-ring (bicyclic) bond motifs is 3. The average molecular weight is 364 g/mol. The minimum Gasteiger partial charge on any atom is -0.376 e. The van der Waals surface area contributed by atoms with E-state index in [1.54, 1.807) is 24.1 Å². The van der Waals surface area contributed by atoms with Crippen LogP contribution < -0.4 is 16.0 Å². The molecular weight excluding hydrogens is 344 g/mol. The smallest absolute Gasteiger partial charge is 0.269 e. The first-order valence-electron chi connectivity index (χ1n) is 8.56. The molecule has 0 unspecified atom stereocenters. The van der Waals surface area contributed by atoms with Crippen LogP contribution in [0.1, 0.15) is 21.6 Å². The van der Waals surface area contributed by atoms with Gasteiger partial charge in [-0.2, -0.15) is 5.10 Å². The van der Waals surface area contributed by atoms with Crippen molar-refractivity contribution < 1.29 is 4.79 Å². The maximum Gasteiger partial charge on any atom is 0.269 e. The van der Waals surface area contributed by atoms with Crippen LogP contribution >= 0.6 is 0 Å². The molecule has 0 aromatic carbocycles. The first-order chi connectivity index (χ1) is 12.9. The van der Waals surface area contributed by atoms with Gasteiger partial charge in [0.05, 0.1) is 23.3 Å². The van der Waals surface area contributed by atoms with Crippen molar-refractivity contribution in [1.82, 2.24) is 24.7 Å². The van der Waals surface area contributed by atoms with Crippen molar-refractivity contribution in [3.05, 3.63) is 41.3 Å². The largest absolute Gasteiger partial charge is 0.376 e. The molecule has 9 heteroatoms. The molecule has 1 aliphatic carbocycles. The fourth-order valence-electron chi connectivity index (χ4n) is 3.25. The molecule has 0 aliphatic heterocycles. The van der Waals surface area contributed by atoms with Crippen molar-refractivity contribution in [2.24, 2.45) is 12.8 Å². The zero-order chi connectivity index (χ0) is 19.1. The van der Waals surface area contributed by atoms with Crippen LogP contribution in [0.25, 0.3) is 11.4 Å². The molecular formula is C18H20N8O. The van der Waals surface area contributed by atoms with E-state index in [4.69, 9.17) is 5.73 Å². The van der Waals surface area contributed by atoms with Crippen molar-refractivity contribution in [3.8, 4) is 11.4 Å². The third kappa shape index (κ3) is 2.97. The Bertz CT molecular complexity index is 1020. The molecule has 1 amide bonds. The van der Waals surface area contributed by atoms with Gasteiger partial charge in [-0.3, -0.25) is 9.48 Å². The lowest BCUT2D eigenvalue weighted by Gasteiger charge is -2.17. The zero-order valence-electron chi connectivity index (χ0n) is 15.4. The van der Waals surface area contributed by atoms with Gasteiger partial charge in [-0.15, -0.1) is 0 Å². The van der Waals surface area contributed by atoms with Gasteiger partial charge in [0.1, 0.15) is 5.82 Å². The van der Waals surface area contributed by atoms with E-state index in [0.29, 0.717) is 23.9 Å². The summed E-state index contributed by atoms with van der Waals surface area (Å²) in [6.07, 6.45) is 5.01. The molecule has 3 heterocycles. The second-order valence-corrected chi connectivity index (χ2v) is 6.65. The van der Waals surface area contributed by atoms with Gasteiger partial charge >= 0.3 is 0 Å². The lowest BCUT2D eigenvalue weighted by molar-refractivity contribution is 0.0994. The number of primary amides is 1. The maximum atomic E-state index is 11.7. The zero-order valence-corrected chi connectivity index (χ0v) is 15.4. The number of nitrogens with two attached hydrogens (primary N) is 1. The maximum absolute atomic E-state index is 11.7. The molecule has 4 rings (SSSR count). The van der Waals surface area contributed by atoms with Crippen molar-refractivity contribution in [2.75, 3.05) is 24.3 Å². The monoisotopic (exact) mass is 364 g/mol. The number of nitrogens with zero attached hydrogens (tertiary/aromatic N) is 6. The molecule has 3 N–H and O–H groups in total. The average Bonchev–Trinajstić information content (AvgIpc) is 2.99. The standard InChI is InChI=1S/C18H20N8O/c1-25(2)11-5-7-13(20-9-11)22-18-21-8-10-4-6-12-15(17(19)27)24-26(3)16(12)14(10)23-18/h5,7-9H,4,6H2,1-3H3,(H2,19,27)(H,20,21,22,23). The van der Waals surface area contributed by atoms with E-state index in [1.807, 2.05) is 31.1 Å². The summed E-state index contributed by atoms with van der Waals surface area (Å²) in [6.45, 7) is 0. The van der Waals surface area contributed by atoms with E-state index in [2.05, 4.69) is 25.4 Å². The minimum absolute atomic E-state index is 0.312. The Morgan fingerprint density at radius 3 is 2.70 bits per heavy atom. The number of hydrogen-bond donors (Lipinski definition) is 2. The van der Waals surface area contributed by atoms with E-state index in [-0.39, 0.29) is 0 Å². The van der Waals surface area contributed by atoms with Crippen LogP contribution in [0.3, 0.4) is 0 Å². The van der Waals surface area contributed by atoms with Crippen molar-refractivity contribution in [1.29, 1.82) is 0 Å². The Morgan fingerprint density at radius 1 is 1.22 bits per heavy atom. The van der Waals surface area contributed by atoms with Crippen LogP contribution in [0.2, 0.25) is 0 Å². The lowest BCUT2D eigenvalue weighted by atomic mass is 9.93. The molecule has 138 valence electrons. The molecule has 0 atom stereocenters. The minimum atomic E-state index is -0.520. The predicted molar refractivity (Wildman–Crippen MR) is 102 cm³/mol. The molecule has 0 saturated heterocycles. The van der Waals surface area contributed by atoms with Crippen molar-refractivity contribution in [2.45, 2.75) is 12.8 Å². The second-order valence-electron chi connectivity index (χ2n) is 6.65. The summed E-state index contributed by atoms with van der Waals surface area (Å²) in [4.78, 5) is 27.1. The normalized spacial score (nSPS) is 12.3. The number of carbonyl (C=O) groups excluding carboxylic acids is 1. The van der Waals surface area contributed by atoms with Gasteiger partial charge in [-0.1, -0.05) is 0 Å². The Kier molecular flexibility index (Phi) is 3.98. The van der Waals surface area contributed by atoms with Gasteiger partial charge in [-0.25, -0.2) is 15.0 Å². The molecule has 1 aliphatic rings. The Morgan fingerprint density at radius 2 is 2.04 bits per heavy atom. The van der Waals surface area contributed by atoms with Gasteiger partial charge < -0.3 is 16.0 Å². The van der Waals surface area contributed by atoms with Crippen LogP contribution in [-0.2, 0) is 19.9 Å². The summed E-state index contributed by atoms with van der Waals surface area (Å²) >= 11 is 0. The number of anilines is 3. The highest BCUT2D eigenvalue weighted by atomic mass is 16.1. The van der Waals surface area contributed by atoms with Crippen LogP contribution in [-0.4, -0.2) is 44.7 Å². The van der Waals surface area contributed by atoms with E-state index >= 15 is 0 Å². The summed E-state index contributed by atoms with van der Waals surface area (Å²) in [7, 11) is 5.71. The first kappa shape index (κ1) is 17.0. The van der Waals surface area contributed by atoms with Crippen molar-refractivity contribution in [3.63, 3.8) is 0 Å². The predicted octanol–water partition coefficient (Wildman–Crippen LogP) is 1.28. The van der Waals surface area contributed by atoms with Crippen LogP contribution in [0.5, 0.6) is 0 Å². The Hall–Kier alpha value is -3.49. The van der Waals surface area contributed by atoms with E-state index in [9.17, 15) is 4.79 Å². The third-order valence-electron chi connectivity index (χ3n) is 4.62. The van der Waals surface area contributed by atoms with Crippen LogP contribution in [0, 0.1) is 0 Å². The lowest BCUT2D eigenvalue weighted by Crippen LogP contribution is -2.16. The fraction of sp³-hybridized carbons (Fsp3) is 0.278. The number of carbonyl (C=O) groups is 1. The molecule has 0 saturated carbocycles. The summed E-state index contributed by atoms with van der Waals surface area (Å²) in [5, 5.41) is 7.40. The number of amides is 1. The molecule has 3 aromatic rings. The molecule has 0 bridgehead atoms. The summed E-state index contributed by atoms with van der Waals surface area (Å²) in [5.74, 6) is 0.570. The molecule has 27 heavy (non-hydrogen) atoms. The van der Waals surface area contributed by atoms with Crippen LogP contribution in [0.4, 0.5) is 17.5 Å². The molecule has 0 radical (unpaired) electrons. The topological polar surface area (TPSA) is 115 Å². The molecule has 0 spiro atoms. The highest BCUT2D eigenvalue weighted by Crippen LogP contribution is 2.34. The second kappa shape index (κ2) is 6.35. The number of rotatable bonds is 4. The number of nitrogens with one attached hydrogen (secondary N) is 1. The third-order valence-corrected chi connectivity index (χ3v) is 4.62. The van der Waals surface area contributed by atoms with E-state index < -0.39 is 5.91 Å². The Balaban J connectivity index is 1.69. The van der Waals surface area contributed by atoms with Crippen molar-refractivity contribution >= 4 is 23.4 Å². The number of pyridine rings is 1. The summed E-state index contributed by atoms with van der Waals surface area (Å²) < 4.78 is 1.66.